The second kappa shape index (κ2) is 4.88. The minimum Gasteiger partial charge on any atom is -0.388 e. The van der Waals surface area contributed by atoms with E-state index in [1.807, 2.05) is 18.6 Å². The number of benzene rings is 1. The van der Waals surface area contributed by atoms with Crippen molar-refractivity contribution in [2.75, 3.05) is 5.73 Å². The van der Waals surface area contributed by atoms with Crippen LogP contribution in [0.1, 0.15) is 35.4 Å². The van der Waals surface area contributed by atoms with Crippen LogP contribution in [-0.2, 0) is 6.42 Å². The zero-order valence-corrected chi connectivity index (χ0v) is 13.0. The van der Waals surface area contributed by atoms with Gasteiger partial charge in [0.25, 0.3) is 0 Å². The summed E-state index contributed by atoms with van der Waals surface area (Å²) < 4.78 is 2.18. The van der Waals surface area contributed by atoms with E-state index in [0.29, 0.717) is 0 Å². The van der Waals surface area contributed by atoms with Crippen molar-refractivity contribution in [3.63, 3.8) is 0 Å². The van der Waals surface area contributed by atoms with E-state index < -0.39 is 6.10 Å². The van der Waals surface area contributed by atoms with Gasteiger partial charge in [0.15, 0.2) is 0 Å². The molecule has 0 unspecified atom stereocenters. The molecule has 3 atom stereocenters. The molecule has 6 nitrogen and oxygen atoms in total. The zero-order valence-electron chi connectivity index (χ0n) is 13.0. The predicted molar refractivity (Wildman–Crippen MR) is 89.0 cm³/mol. The summed E-state index contributed by atoms with van der Waals surface area (Å²) in [7, 11) is 0. The third kappa shape index (κ3) is 1.77. The first-order valence-corrected chi connectivity index (χ1v) is 8.14. The number of nitrogens with two attached hydrogens (primary N) is 1. The number of aryl methyl sites for hydroxylation is 1. The lowest BCUT2D eigenvalue weighted by atomic mass is 9.78. The number of aliphatic hydroxyl groups excluding tert-OH is 1. The second-order valence-electron chi connectivity index (χ2n) is 6.50. The van der Waals surface area contributed by atoms with Gasteiger partial charge < -0.3 is 15.4 Å². The van der Waals surface area contributed by atoms with Gasteiger partial charge >= 0.3 is 0 Å². The van der Waals surface area contributed by atoms with Gasteiger partial charge in [-0.25, -0.2) is 15.0 Å². The fourth-order valence-corrected chi connectivity index (χ4v) is 4.22. The van der Waals surface area contributed by atoms with E-state index in [1.165, 1.54) is 11.1 Å². The number of rotatable bonds is 1. The maximum absolute atomic E-state index is 11.0. The standard InChI is InChI=1S/C18H17N5O/c19-18-21-7-13-14(22-18)6-5-12(17(13)24)16-11-4-2-1-3-10(11)15-8-20-9-23(15)16/h1-4,7-9,12,16-17,24H,5-6H2,(H2,19,21,22)/t12-,16-,17-/m0/s1. The summed E-state index contributed by atoms with van der Waals surface area (Å²) in [4.78, 5) is 12.7. The molecule has 0 amide bonds. The quantitative estimate of drug-likeness (QED) is 0.717. The fraction of sp³-hybridized carbons (Fsp3) is 0.278. The van der Waals surface area contributed by atoms with Crippen LogP contribution in [0, 0.1) is 5.92 Å². The highest BCUT2D eigenvalue weighted by atomic mass is 16.3. The maximum atomic E-state index is 11.0. The van der Waals surface area contributed by atoms with E-state index in [2.05, 4.69) is 37.7 Å². The van der Waals surface area contributed by atoms with Crippen LogP contribution in [0.2, 0.25) is 0 Å². The molecular weight excluding hydrogens is 302 g/mol. The van der Waals surface area contributed by atoms with Crippen molar-refractivity contribution in [3.05, 3.63) is 59.8 Å². The lowest BCUT2D eigenvalue weighted by molar-refractivity contribution is 0.0707. The van der Waals surface area contributed by atoms with E-state index >= 15 is 0 Å². The fourth-order valence-electron chi connectivity index (χ4n) is 4.22. The van der Waals surface area contributed by atoms with Crippen molar-refractivity contribution in [2.45, 2.75) is 25.0 Å². The Balaban J connectivity index is 1.62. The molecule has 24 heavy (non-hydrogen) atoms. The van der Waals surface area contributed by atoms with Crippen molar-refractivity contribution in [2.24, 2.45) is 5.92 Å². The molecule has 3 N–H and O–H groups in total. The molecule has 0 saturated heterocycles. The van der Waals surface area contributed by atoms with Crippen molar-refractivity contribution >= 4 is 5.95 Å². The molecule has 0 bridgehead atoms. The average molecular weight is 319 g/mol. The van der Waals surface area contributed by atoms with Crippen LogP contribution in [0.4, 0.5) is 5.95 Å². The van der Waals surface area contributed by atoms with E-state index in [-0.39, 0.29) is 17.9 Å². The monoisotopic (exact) mass is 319 g/mol. The lowest BCUT2D eigenvalue weighted by Gasteiger charge is -2.34. The minimum absolute atomic E-state index is 0.0568. The molecule has 1 aliphatic carbocycles. The van der Waals surface area contributed by atoms with Gasteiger partial charge in [-0.3, -0.25) is 0 Å². The van der Waals surface area contributed by atoms with Gasteiger partial charge in [-0.15, -0.1) is 0 Å². The Hall–Kier alpha value is -2.73. The van der Waals surface area contributed by atoms with E-state index in [1.54, 1.807) is 6.20 Å². The lowest BCUT2D eigenvalue weighted by Crippen LogP contribution is -2.29. The Morgan fingerprint density at radius 1 is 1.17 bits per heavy atom. The molecule has 2 aliphatic rings. The van der Waals surface area contributed by atoms with Crippen molar-refractivity contribution in [1.29, 1.82) is 0 Å². The van der Waals surface area contributed by atoms with Crippen LogP contribution in [0.3, 0.4) is 0 Å². The normalized spacial score (nSPS) is 24.3. The molecule has 5 rings (SSSR count). The maximum Gasteiger partial charge on any atom is 0.220 e. The summed E-state index contributed by atoms with van der Waals surface area (Å²) in [5.41, 5.74) is 10.9. The molecule has 1 aromatic carbocycles. The summed E-state index contributed by atoms with van der Waals surface area (Å²) in [6.45, 7) is 0. The average Bonchev–Trinajstić information content (AvgIpc) is 3.16. The van der Waals surface area contributed by atoms with Gasteiger partial charge in [0.1, 0.15) is 0 Å². The van der Waals surface area contributed by atoms with Crippen molar-refractivity contribution < 1.29 is 5.11 Å². The smallest absolute Gasteiger partial charge is 0.220 e. The number of aromatic nitrogens is 4. The first-order valence-electron chi connectivity index (χ1n) is 8.14. The molecule has 0 radical (unpaired) electrons. The summed E-state index contributed by atoms with van der Waals surface area (Å²) in [6, 6.07) is 8.45. The summed E-state index contributed by atoms with van der Waals surface area (Å²) in [5.74, 6) is 0.323. The number of nitrogens with zero attached hydrogens (tertiary/aromatic N) is 4. The minimum atomic E-state index is -0.610. The molecule has 1 aliphatic heterocycles. The molecule has 3 heterocycles. The van der Waals surface area contributed by atoms with E-state index in [0.717, 1.165) is 29.8 Å². The molecule has 2 aromatic heterocycles. The second-order valence-corrected chi connectivity index (χ2v) is 6.50. The number of nitrogen functional groups attached to an aromatic ring is 1. The van der Waals surface area contributed by atoms with Gasteiger partial charge in [0.2, 0.25) is 5.95 Å². The van der Waals surface area contributed by atoms with E-state index in [9.17, 15) is 5.11 Å². The van der Waals surface area contributed by atoms with Crippen LogP contribution in [-0.4, -0.2) is 24.6 Å². The van der Waals surface area contributed by atoms with Crippen LogP contribution < -0.4 is 5.73 Å². The highest BCUT2D eigenvalue weighted by molar-refractivity contribution is 5.69. The molecular formula is C18H17N5O. The number of imidazole rings is 1. The Labute approximate surface area is 139 Å². The summed E-state index contributed by atoms with van der Waals surface area (Å²) >= 11 is 0. The van der Waals surface area contributed by atoms with Crippen molar-refractivity contribution in [1.82, 2.24) is 19.5 Å². The molecule has 0 fully saturated rings. The SMILES string of the molecule is Nc1ncc2c(n1)CC[C@@H]([C@@H]1c3ccccc3-c3cncn31)[C@@H]2O. The van der Waals surface area contributed by atoms with Crippen LogP contribution in [0.25, 0.3) is 11.3 Å². The molecule has 0 saturated carbocycles. The molecule has 0 spiro atoms. The third-order valence-corrected chi connectivity index (χ3v) is 5.28. The van der Waals surface area contributed by atoms with Gasteiger partial charge in [-0.2, -0.15) is 0 Å². The van der Waals surface area contributed by atoms with Crippen molar-refractivity contribution in [3.8, 4) is 11.3 Å². The summed E-state index contributed by atoms with van der Waals surface area (Å²) in [6.07, 6.45) is 6.46. The van der Waals surface area contributed by atoms with E-state index in [4.69, 9.17) is 5.73 Å². The number of fused-ring (bicyclic) bond motifs is 4. The van der Waals surface area contributed by atoms with Gasteiger partial charge in [-0.05, 0) is 18.4 Å². The van der Waals surface area contributed by atoms with Crippen LogP contribution in [0.5, 0.6) is 0 Å². The number of hydrogen-bond acceptors (Lipinski definition) is 5. The molecule has 120 valence electrons. The van der Waals surface area contributed by atoms with Gasteiger partial charge in [0.05, 0.1) is 36.1 Å². The number of anilines is 1. The Morgan fingerprint density at radius 3 is 2.96 bits per heavy atom. The highest BCUT2D eigenvalue weighted by Gasteiger charge is 2.40. The number of aliphatic hydroxyl groups is 1. The highest BCUT2D eigenvalue weighted by Crippen LogP contribution is 2.49. The molecule has 3 aromatic rings. The first-order chi connectivity index (χ1) is 11.7. The first kappa shape index (κ1) is 13.7. The molecule has 6 heteroatoms. The Kier molecular flexibility index (Phi) is 2.78. The van der Waals surface area contributed by atoms with Gasteiger partial charge in [-0.1, -0.05) is 24.3 Å². The Morgan fingerprint density at radius 2 is 2.04 bits per heavy atom. The third-order valence-electron chi connectivity index (χ3n) is 5.28. The van der Waals surface area contributed by atoms with Crippen LogP contribution in [0.15, 0.2) is 43.0 Å². The van der Waals surface area contributed by atoms with Gasteiger partial charge in [0, 0.05) is 23.2 Å². The van der Waals surface area contributed by atoms with Crippen LogP contribution >= 0.6 is 0 Å². The topological polar surface area (TPSA) is 89.9 Å². The predicted octanol–water partition coefficient (Wildman–Crippen LogP) is 2.12. The Bertz CT molecular complexity index is 935. The largest absolute Gasteiger partial charge is 0.388 e. The zero-order chi connectivity index (χ0) is 16.3. The number of hydrogen-bond donors (Lipinski definition) is 2. The summed E-state index contributed by atoms with van der Waals surface area (Å²) in [5, 5.41) is 11.0.